The van der Waals surface area contributed by atoms with Crippen molar-refractivity contribution in [3.05, 3.63) is 65.7 Å². The molecule has 1 saturated heterocycles. The van der Waals surface area contributed by atoms with Crippen molar-refractivity contribution in [2.75, 3.05) is 26.7 Å². The van der Waals surface area contributed by atoms with Crippen molar-refractivity contribution in [3.8, 4) is 5.75 Å². The van der Waals surface area contributed by atoms with Crippen LogP contribution in [0.5, 0.6) is 5.75 Å². The maximum atomic E-state index is 12.3. The van der Waals surface area contributed by atoms with Crippen LogP contribution in [0.25, 0.3) is 0 Å². The average Bonchev–Trinajstić information content (AvgIpc) is 3.17. The molecule has 1 fully saturated rings. The summed E-state index contributed by atoms with van der Waals surface area (Å²) < 4.78 is 5.18. The van der Waals surface area contributed by atoms with Crippen LogP contribution >= 0.6 is 0 Å². The van der Waals surface area contributed by atoms with E-state index in [1.165, 1.54) is 5.56 Å². The molecule has 2 aromatic rings. The predicted molar refractivity (Wildman–Crippen MR) is 95.7 cm³/mol. The third-order valence-electron chi connectivity index (χ3n) is 4.56. The summed E-state index contributed by atoms with van der Waals surface area (Å²) in [5.74, 6) is 0.901. The van der Waals surface area contributed by atoms with Crippen LogP contribution in [0.15, 0.2) is 54.6 Å². The van der Waals surface area contributed by atoms with E-state index in [0.717, 1.165) is 18.7 Å². The Hall–Kier alpha value is -2.82. The lowest BCUT2D eigenvalue weighted by Gasteiger charge is -2.17. The van der Waals surface area contributed by atoms with E-state index in [1.54, 1.807) is 31.4 Å². The fourth-order valence-corrected chi connectivity index (χ4v) is 3.09. The minimum Gasteiger partial charge on any atom is -0.497 e. The Morgan fingerprint density at radius 3 is 2.52 bits per heavy atom. The summed E-state index contributed by atoms with van der Waals surface area (Å²) in [6.07, 6.45) is 0.935. The highest BCUT2D eigenvalue weighted by Gasteiger charge is 2.27. The van der Waals surface area contributed by atoms with Crippen molar-refractivity contribution in [2.45, 2.75) is 12.3 Å². The number of carbonyl (C=O) groups is 2. The zero-order chi connectivity index (χ0) is 17.6. The number of carbonyl (C=O) groups excluding carboxylic acids is 2. The zero-order valence-corrected chi connectivity index (χ0v) is 14.3. The van der Waals surface area contributed by atoms with Crippen LogP contribution in [0.3, 0.4) is 0 Å². The fraction of sp³-hybridized carbons (Fsp3) is 0.300. The van der Waals surface area contributed by atoms with Crippen LogP contribution in [0.1, 0.15) is 28.3 Å². The van der Waals surface area contributed by atoms with Crippen molar-refractivity contribution in [1.29, 1.82) is 0 Å². The lowest BCUT2D eigenvalue weighted by molar-refractivity contribution is -0.129. The Labute approximate surface area is 147 Å². The molecule has 0 aliphatic carbocycles. The highest BCUT2D eigenvalue weighted by atomic mass is 16.5. The van der Waals surface area contributed by atoms with Gasteiger partial charge in [-0.3, -0.25) is 9.59 Å². The SMILES string of the molecule is COc1ccc(C2CCN(C(=O)CNC(=O)c3ccccc3)C2)cc1. The molecule has 1 heterocycles. The van der Waals surface area contributed by atoms with Crippen molar-refractivity contribution in [2.24, 2.45) is 0 Å². The van der Waals surface area contributed by atoms with Gasteiger partial charge in [0, 0.05) is 24.6 Å². The summed E-state index contributed by atoms with van der Waals surface area (Å²) in [5, 5.41) is 2.70. The van der Waals surface area contributed by atoms with E-state index >= 15 is 0 Å². The molecule has 0 bridgehead atoms. The first kappa shape index (κ1) is 17.0. The number of hydrogen-bond acceptors (Lipinski definition) is 3. The Bertz CT molecular complexity index is 728. The molecule has 2 amide bonds. The second-order valence-electron chi connectivity index (χ2n) is 6.15. The molecule has 0 spiro atoms. The number of hydrogen-bond donors (Lipinski definition) is 1. The summed E-state index contributed by atoms with van der Waals surface area (Å²) >= 11 is 0. The average molecular weight is 338 g/mol. The molecule has 0 radical (unpaired) electrons. The van der Waals surface area contributed by atoms with Gasteiger partial charge in [-0.05, 0) is 36.2 Å². The molecular formula is C20H22N2O3. The Kier molecular flexibility index (Phi) is 5.33. The zero-order valence-electron chi connectivity index (χ0n) is 14.3. The fourth-order valence-electron chi connectivity index (χ4n) is 3.09. The van der Waals surface area contributed by atoms with Gasteiger partial charge < -0.3 is 15.0 Å². The first-order valence-electron chi connectivity index (χ1n) is 8.42. The molecule has 1 aliphatic rings. The summed E-state index contributed by atoms with van der Waals surface area (Å²) in [4.78, 5) is 26.2. The van der Waals surface area contributed by atoms with Crippen LogP contribution in [0.2, 0.25) is 0 Å². The van der Waals surface area contributed by atoms with E-state index in [0.29, 0.717) is 18.0 Å². The largest absolute Gasteiger partial charge is 0.497 e. The third-order valence-corrected chi connectivity index (χ3v) is 4.56. The van der Waals surface area contributed by atoms with Gasteiger partial charge in [0.05, 0.1) is 13.7 Å². The number of nitrogens with zero attached hydrogens (tertiary/aromatic N) is 1. The Morgan fingerprint density at radius 2 is 1.84 bits per heavy atom. The molecule has 3 rings (SSSR count). The van der Waals surface area contributed by atoms with Gasteiger partial charge in [0.15, 0.2) is 0 Å². The summed E-state index contributed by atoms with van der Waals surface area (Å²) in [6.45, 7) is 1.44. The molecule has 25 heavy (non-hydrogen) atoms. The first-order valence-corrected chi connectivity index (χ1v) is 8.42. The molecule has 0 aromatic heterocycles. The van der Waals surface area contributed by atoms with Crippen LogP contribution in [0.4, 0.5) is 0 Å². The normalized spacial score (nSPS) is 16.5. The first-order chi connectivity index (χ1) is 12.2. The van der Waals surface area contributed by atoms with E-state index in [2.05, 4.69) is 17.4 Å². The van der Waals surface area contributed by atoms with Gasteiger partial charge in [0.1, 0.15) is 5.75 Å². The number of benzene rings is 2. The third kappa shape index (κ3) is 4.18. The highest BCUT2D eigenvalue weighted by Crippen LogP contribution is 2.28. The van der Waals surface area contributed by atoms with Gasteiger partial charge in [0.2, 0.25) is 5.91 Å². The topological polar surface area (TPSA) is 58.6 Å². The number of ether oxygens (including phenoxy) is 1. The quantitative estimate of drug-likeness (QED) is 0.911. The van der Waals surface area contributed by atoms with E-state index in [1.807, 2.05) is 23.1 Å². The monoisotopic (exact) mass is 338 g/mol. The standard InChI is InChI=1S/C20H22N2O3/c1-25-18-9-7-15(8-10-18)17-11-12-22(14-17)19(23)13-21-20(24)16-5-3-2-4-6-16/h2-10,17H,11-14H2,1H3,(H,21,24). The Morgan fingerprint density at radius 1 is 1.12 bits per heavy atom. The van der Waals surface area contributed by atoms with Gasteiger partial charge in [0.25, 0.3) is 5.91 Å². The number of rotatable bonds is 5. The second-order valence-corrected chi connectivity index (χ2v) is 6.15. The second kappa shape index (κ2) is 7.83. The number of amides is 2. The summed E-state index contributed by atoms with van der Waals surface area (Å²) in [5.41, 5.74) is 1.78. The smallest absolute Gasteiger partial charge is 0.251 e. The molecule has 2 aromatic carbocycles. The Balaban J connectivity index is 1.51. The highest BCUT2D eigenvalue weighted by molar-refractivity contribution is 5.96. The molecular weight excluding hydrogens is 316 g/mol. The van der Waals surface area contributed by atoms with E-state index in [-0.39, 0.29) is 18.4 Å². The van der Waals surface area contributed by atoms with E-state index in [4.69, 9.17) is 4.74 Å². The van der Waals surface area contributed by atoms with E-state index in [9.17, 15) is 9.59 Å². The van der Waals surface area contributed by atoms with Gasteiger partial charge in [-0.2, -0.15) is 0 Å². The molecule has 1 atom stereocenters. The number of likely N-dealkylation sites (tertiary alicyclic amines) is 1. The van der Waals surface area contributed by atoms with Gasteiger partial charge in [-0.15, -0.1) is 0 Å². The van der Waals surface area contributed by atoms with Crippen molar-refractivity contribution >= 4 is 11.8 Å². The van der Waals surface area contributed by atoms with Crippen molar-refractivity contribution in [1.82, 2.24) is 10.2 Å². The van der Waals surface area contributed by atoms with Gasteiger partial charge in [-0.1, -0.05) is 30.3 Å². The molecule has 5 heteroatoms. The maximum absolute atomic E-state index is 12.3. The lowest BCUT2D eigenvalue weighted by atomic mass is 9.98. The summed E-state index contributed by atoms with van der Waals surface area (Å²) in [6, 6.07) is 16.9. The molecule has 0 saturated carbocycles. The van der Waals surface area contributed by atoms with Gasteiger partial charge in [-0.25, -0.2) is 0 Å². The molecule has 1 aliphatic heterocycles. The summed E-state index contributed by atoms with van der Waals surface area (Å²) in [7, 11) is 1.65. The van der Waals surface area contributed by atoms with Crippen molar-refractivity contribution in [3.63, 3.8) is 0 Å². The number of nitrogens with one attached hydrogen (secondary N) is 1. The minimum absolute atomic E-state index is 0.0308. The number of methoxy groups -OCH3 is 1. The molecule has 130 valence electrons. The molecule has 1 unspecified atom stereocenters. The maximum Gasteiger partial charge on any atom is 0.251 e. The van der Waals surface area contributed by atoms with Crippen LogP contribution < -0.4 is 10.1 Å². The van der Waals surface area contributed by atoms with Crippen molar-refractivity contribution < 1.29 is 14.3 Å². The van der Waals surface area contributed by atoms with Gasteiger partial charge >= 0.3 is 0 Å². The minimum atomic E-state index is -0.222. The van der Waals surface area contributed by atoms with Crippen LogP contribution in [-0.2, 0) is 4.79 Å². The van der Waals surface area contributed by atoms with Crippen LogP contribution in [0, 0.1) is 0 Å². The van der Waals surface area contributed by atoms with E-state index < -0.39 is 0 Å². The molecule has 1 N–H and O–H groups in total. The molecule has 5 nitrogen and oxygen atoms in total. The van der Waals surface area contributed by atoms with Crippen LogP contribution in [-0.4, -0.2) is 43.5 Å². The predicted octanol–water partition coefficient (Wildman–Crippen LogP) is 2.44. The lowest BCUT2D eigenvalue weighted by Crippen LogP contribution is -2.39.